The Morgan fingerprint density at radius 1 is 1.12 bits per heavy atom. The molecule has 6 heteroatoms. The van der Waals surface area contributed by atoms with Gasteiger partial charge in [-0.1, -0.05) is 6.42 Å². The molecule has 1 aliphatic rings. The number of halogens is 1. The van der Waals surface area contributed by atoms with Crippen LogP contribution in [0.25, 0.3) is 22.6 Å². The average Bonchev–Trinajstić information content (AvgIpc) is 2.98. The summed E-state index contributed by atoms with van der Waals surface area (Å²) in [7, 11) is 1.53. The second-order valence-electron chi connectivity index (χ2n) is 5.91. The van der Waals surface area contributed by atoms with Gasteiger partial charge in [-0.15, -0.1) is 0 Å². The van der Waals surface area contributed by atoms with Gasteiger partial charge < -0.3 is 9.72 Å². The van der Waals surface area contributed by atoms with Crippen LogP contribution >= 0.6 is 0 Å². The lowest BCUT2D eigenvalue weighted by Gasteiger charge is -2.22. The number of aromatic amines is 1. The first-order chi connectivity index (χ1) is 11.7. The van der Waals surface area contributed by atoms with Gasteiger partial charge in [0, 0.05) is 17.7 Å². The second-order valence-corrected chi connectivity index (χ2v) is 5.91. The Morgan fingerprint density at radius 2 is 1.92 bits per heavy atom. The number of hydrogen-bond acceptors (Lipinski definition) is 4. The summed E-state index contributed by atoms with van der Waals surface area (Å²) in [6, 6.07) is 8.47. The van der Waals surface area contributed by atoms with Crippen LogP contribution in [-0.4, -0.2) is 27.0 Å². The van der Waals surface area contributed by atoms with Crippen LogP contribution in [0.15, 0.2) is 36.5 Å². The quantitative estimate of drug-likeness (QED) is 0.789. The molecular weight excluding hydrogens is 307 g/mol. The molecule has 0 radical (unpaired) electrons. The van der Waals surface area contributed by atoms with E-state index in [-0.39, 0.29) is 5.82 Å². The van der Waals surface area contributed by atoms with Crippen LogP contribution in [0.5, 0.6) is 6.01 Å². The maximum absolute atomic E-state index is 13.3. The zero-order valence-electron chi connectivity index (χ0n) is 13.3. The summed E-state index contributed by atoms with van der Waals surface area (Å²) in [6.45, 7) is 0. The van der Waals surface area contributed by atoms with Crippen LogP contribution in [0, 0.1) is 5.82 Å². The number of H-pyrrole nitrogens is 1. The van der Waals surface area contributed by atoms with E-state index in [1.807, 2.05) is 6.07 Å². The molecule has 2 aromatic heterocycles. The minimum Gasteiger partial charge on any atom is -0.467 e. The zero-order valence-corrected chi connectivity index (χ0v) is 13.3. The van der Waals surface area contributed by atoms with E-state index < -0.39 is 0 Å². The molecule has 0 saturated heterocycles. The van der Waals surface area contributed by atoms with Gasteiger partial charge in [0.15, 0.2) is 0 Å². The molecule has 5 nitrogen and oxygen atoms in total. The molecule has 0 aliphatic heterocycles. The molecule has 2 heterocycles. The normalized spacial score (nSPS) is 14.4. The van der Waals surface area contributed by atoms with Gasteiger partial charge in [0.2, 0.25) is 0 Å². The molecule has 0 spiro atoms. The summed E-state index contributed by atoms with van der Waals surface area (Å²) in [6.07, 6.45) is 5.17. The Morgan fingerprint density at radius 3 is 2.58 bits per heavy atom. The fraction of sp³-hybridized carbons (Fsp3) is 0.278. The average molecular weight is 324 g/mol. The highest BCUT2D eigenvalue weighted by molar-refractivity contribution is 5.76. The minimum absolute atomic E-state index is 0.265. The highest BCUT2D eigenvalue weighted by atomic mass is 19.1. The van der Waals surface area contributed by atoms with Gasteiger partial charge in [0.1, 0.15) is 11.6 Å². The number of aromatic nitrogens is 4. The van der Waals surface area contributed by atoms with Crippen molar-refractivity contribution >= 4 is 0 Å². The highest BCUT2D eigenvalue weighted by Gasteiger charge is 2.25. The van der Waals surface area contributed by atoms with E-state index in [0.29, 0.717) is 17.6 Å². The summed E-state index contributed by atoms with van der Waals surface area (Å²) in [4.78, 5) is 16.7. The molecule has 122 valence electrons. The number of rotatable bonds is 4. The Bertz CT molecular complexity index is 856. The van der Waals surface area contributed by atoms with E-state index in [1.165, 1.54) is 25.7 Å². The Balaban J connectivity index is 1.83. The summed E-state index contributed by atoms with van der Waals surface area (Å²) in [5.41, 5.74) is 3.15. The highest BCUT2D eigenvalue weighted by Crippen LogP contribution is 2.38. The Hall–Kier alpha value is -2.76. The number of ether oxygens (including phenoxy) is 1. The van der Waals surface area contributed by atoms with E-state index in [2.05, 4.69) is 15.0 Å². The van der Waals surface area contributed by atoms with Crippen molar-refractivity contribution in [3.63, 3.8) is 0 Å². The van der Waals surface area contributed by atoms with Gasteiger partial charge in [-0.05, 0) is 43.2 Å². The van der Waals surface area contributed by atoms with Crippen molar-refractivity contribution in [1.29, 1.82) is 0 Å². The van der Waals surface area contributed by atoms with Crippen LogP contribution in [0.3, 0.4) is 0 Å². The molecule has 24 heavy (non-hydrogen) atoms. The van der Waals surface area contributed by atoms with Gasteiger partial charge in [0.05, 0.1) is 24.2 Å². The Kier molecular flexibility index (Phi) is 3.72. The lowest BCUT2D eigenvalue weighted by molar-refractivity contribution is 0.380. The van der Waals surface area contributed by atoms with Gasteiger partial charge in [-0.3, -0.25) is 0 Å². The molecule has 0 atom stereocenters. The van der Waals surface area contributed by atoms with Crippen molar-refractivity contribution in [2.45, 2.75) is 25.2 Å². The van der Waals surface area contributed by atoms with Crippen LogP contribution in [0.4, 0.5) is 4.39 Å². The molecule has 3 aromatic rings. The van der Waals surface area contributed by atoms with Crippen molar-refractivity contribution < 1.29 is 9.13 Å². The first-order valence-electron chi connectivity index (χ1n) is 7.98. The van der Waals surface area contributed by atoms with Crippen molar-refractivity contribution in [2.75, 3.05) is 7.11 Å². The van der Waals surface area contributed by atoms with E-state index in [1.54, 1.807) is 18.3 Å². The number of benzene rings is 1. The van der Waals surface area contributed by atoms with E-state index in [4.69, 9.17) is 9.72 Å². The zero-order chi connectivity index (χ0) is 16.5. The summed E-state index contributed by atoms with van der Waals surface area (Å²) < 4.78 is 18.4. The molecule has 1 N–H and O–H groups in total. The SMILES string of the molecule is COc1nccc(-c2[nH]c(C3CCC3)nc2-c2ccc(F)cc2)n1. The van der Waals surface area contributed by atoms with Crippen LogP contribution in [-0.2, 0) is 0 Å². The third-order valence-electron chi connectivity index (χ3n) is 4.40. The fourth-order valence-electron chi connectivity index (χ4n) is 2.85. The lowest BCUT2D eigenvalue weighted by atomic mass is 9.85. The molecule has 1 fully saturated rings. The van der Waals surface area contributed by atoms with Gasteiger partial charge in [-0.2, -0.15) is 4.98 Å². The van der Waals surface area contributed by atoms with Crippen LogP contribution in [0.2, 0.25) is 0 Å². The van der Waals surface area contributed by atoms with E-state index in [9.17, 15) is 4.39 Å². The van der Waals surface area contributed by atoms with E-state index >= 15 is 0 Å². The largest absolute Gasteiger partial charge is 0.467 e. The van der Waals surface area contributed by atoms with Crippen molar-refractivity contribution in [1.82, 2.24) is 19.9 Å². The molecule has 1 aromatic carbocycles. The number of imidazole rings is 1. The number of methoxy groups -OCH3 is 1. The lowest BCUT2D eigenvalue weighted by Crippen LogP contribution is -2.10. The molecular formula is C18H17FN4O. The third kappa shape index (κ3) is 2.64. The fourth-order valence-corrected chi connectivity index (χ4v) is 2.85. The van der Waals surface area contributed by atoms with Crippen molar-refractivity contribution in [3.05, 3.63) is 48.2 Å². The number of hydrogen-bond donors (Lipinski definition) is 1. The molecule has 0 bridgehead atoms. The van der Waals surface area contributed by atoms with Crippen LogP contribution in [0.1, 0.15) is 31.0 Å². The van der Waals surface area contributed by atoms with Gasteiger partial charge in [0.25, 0.3) is 0 Å². The maximum atomic E-state index is 13.3. The predicted molar refractivity (Wildman–Crippen MR) is 88.2 cm³/mol. The summed E-state index contributed by atoms with van der Waals surface area (Å²) in [5.74, 6) is 1.16. The Labute approximate surface area is 139 Å². The molecule has 4 rings (SSSR count). The topological polar surface area (TPSA) is 63.7 Å². The van der Waals surface area contributed by atoms with Crippen molar-refractivity contribution in [3.8, 4) is 28.7 Å². The minimum atomic E-state index is -0.265. The van der Waals surface area contributed by atoms with E-state index in [0.717, 1.165) is 35.6 Å². The first-order valence-corrected chi connectivity index (χ1v) is 7.98. The van der Waals surface area contributed by atoms with Gasteiger partial charge in [-0.25, -0.2) is 14.4 Å². The van der Waals surface area contributed by atoms with Crippen LogP contribution < -0.4 is 4.74 Å². The first kappa shape index (κ1) is 14.8. The summed E-state index contributed by atoms with van der Waals surface area (Å²) in [5, 5.41) is 0. The molecule has 0 amide bonds. The second kappa shape index (κ2) is 6.03. The molecule has 1 aliphatic carbocycles. The third-order valence-corrected chi connectivity index (χ3v) is 4.40. The monoisotopic (exact) mass is 324 g/mol. The predicted octanol–water partition coefficient (Wildman–Crippen LogP) is 3.95. The van der Waals surface area contributed by atoms with Crippen molar-refractivity contribution in [2.24, 2.45) is 0 Å². The van der Waals surface area contributed by atoms with Gasteiger partial charge >= 0.3 is 6.01 Å². The molecule has 1 saturated carbocycles. The smallest absolute Gasteiger partial charge is 0.316 e. The molecule has 0 unspecified atom stereocenters. The maximum Gasteiger partial charge on any atom is 0.316 e. The number of nitrogens with zero attached hydrogens (tertiary/aromatic N) is 3. The number of nitrogens with one attached hydrogen (secondary N) is 1. The summed E-state index contributed by atoms with van der Waals surface area (Å²) >= 11 is 0. The standard InChI is InChI=1S/C18H17FN4O/c1-24-18-20-10-9-14(21-18)16-15(11-5-7-13(19)8-6-11)22-17(23-16)12-3-2-4-12/h5-10,12H,2-4H2,1H3,(H,22,23).